The van der Waals surface area contributed by atoms with E-state index in [0.717, 1.165) is 122 Å². The molecule has 6 aromatic heterocycles. The van der Waals surface area contributed by atoms with Crippen molar-refractivity contribution in [1.29, 1.82) is 0 Å². The molecule has 0 aliphatic rings. The minimum atomic E-state index is 0.820. The fraction of sp³-hybridized carbons (Fsp3) is 0. The summed E-state index contributed by atoms with van der Waals surface area (Å²) in [5.74, 6) is 0. The monoisotopic (exact) mass is 764 g/mol. The van der Waals surface area contributed by atoms with Crippen molar-refractivity contribution in [1.82, 2.24) is 29.9 Å². The number of rotatable bonds is 5. The van der Waals surface area contributed by atoms with Crippen molar-refractivity contribution in [3.63, 3.8) is 0 Å². The molecular formula is C54H32N6. The standard InChI is InChI=1S/C54H32N6/c1-2-5-33(6-3-1)45-26-22-40-16-17-41-23-27-46(59-54(41)53(40)58-45)35-10-8-34(9-11-35)44-25-20-36-12-18-42(31-49(36)56-44)43-19-13-37-21-28-47(57-50(37)32-43)48-29-24-39-15-14-38-7-4-30-55-51(38)52(39)60-48/h1-32H. The zero-order valence-corrected chi connectivity index (χ0v) is 32.2. The minimum Gasteiger partial charge on any atom is -0.254 e. The SMILES string of the molecule is c1ccc(-c2ccc3ccc4ccc(-c5ccc(-c6ccc7ccc(-c8ccc9ccc(-c%10ccc%11ccc%12cccnc%12c%11n%10)nc9c8)cc7n6)cc5)nc4c3n2)cc1. The van der Waals surface area contributed by atoms with Gasteiger partial charge in [0.05, 0.1) is 61.6 Å². The number of pyridine rings is 6. The first-order valence-electron chi connectivity index (χ1n) is 20.0. The van der Waals surface area contributed by atoms with E-state index in [1.54, 1.807) is 0 Å². The first kappa shape index (κ1) is 33.9. The second-order valence-corrected chi connectivity index (χ2v) is 15.2. The average molecular weight is 765 g/mol. The zero-order valence-electron chi connectivity index (χ0n) is 32.2. The van der Waals surface area contributed by atoms with Crippen LogP contribution in [0.25, 0.3) is 122 Å². The van der Waals surface area contributed by atoms with Gasteiger partial charge in [0.1, 0.15) is 0 Å². The highest BCUT2D eigenvalue weighted by Crippen LogP contribution is 2.33. The molecule has 6 aromatic carbocycles. The molecule has 6 heteroatoms. The van der Waals surface area contributed by atoms with E-state index in [9.17, 15) is 0 Å². The van der Waals surface area contributed by atoms with Crippen LogP contribution in [0.3, 0.4) is 0 Å². The third kappa shape index (κ3) is 5.89. The Balaban J connectivity index is 0.849. The van der Waals surface area contributed by atoms with Crippen molar-refractivity contribution < 1.29 is 0 Å². The van der Waals surface area contributed by atoms with Crippen LogP contribution < -0.4 is 0 Å². The van der Waals surface area contributed by atoms with E-state index in [1.165, 1.54) is 0 Å². The van der Waals surface area contributed by atoms with Gasteiger partial charge in [0.15, 0.2) is 0 Å². The number of aromatic nitrogens is 6. The van der Waals surface area contributed by atoms with Crippen LogP contribution in [0.5, 0.6) is 0 Å². The summed E-state index contributed by atoms with van der Waals surface area (Å²) in [5, 5.41) is 6.42. The van der Waals surface area contributed by atoms with Gasteiger partial charge in [-0.3, -0.25) is 4.98 Å². The number of hydrogen-bond donors (Lipinski definition) is 0. The van der Waals surface area contributed by atoms with E-state index in [0.29, 0.717) is 0 Å². The summed E-state index contributed by atoms with van der Waals surface area (Å²) in [7, 11) is 0. The Morgan fingerprint density at radius 1 is 0.233 bits per heavy atom. The van der Waals surface area contributed by atoms with Crippen LogP contribution in [0.15, 0.2) is 194 Å². The van der Waals surface area contributed by atoms with Gasteiger partial charge in [0.2, 0.25) is 0 Å². The van der Waals surface area contributed by atoms with Crippen molar-refractivity contribution >= 4 is 65.4 Å². The lowest BCUT2D eigenvalue weighted by atomic mass is 10.0. The van der Waals surface area contributed by atoms with Crippen molar-refractivity contribution in [3.8, 4) is 56.3 Å². The highest BCUT2D eigenvalue weighted by molar-refractivity contribution is 6.05. The van der Waals surface area contributed by atoms with Crippen molar-refractivity contribution in [2.75, 3.05) is 0 Å². The molecule has 0 fully saturated rings. The number of benzene rings is 6. The summed E-state index contributed by atoms with van der Waals surface area (Å²) in [6, 6.07) is 65.1. The molecular weight excluding hydrogens is 733 g/mol. The van der Waals surface area contributed by atoms with Crippen molar-refractivity contribution in [2.24, 2.45) is 0 Å². The second-order valence-electron chi connectivity index (χ2n) is 15.2. The van der Waals surface area contributed by atoms with Gasteiger partial charge in [0.25, 0.3) is 0 Å². The third-order valence-electron chi connectivity index (χ3n) is 11.5. The summed E-state index contributed by atoms with van der Waals surface area (Å²) in [4.78, 5) is 30.2. The Morgan fingerprint density at radius 3 is 1.17 bits per heavy atom. The molecule has 6 heterocycles. The normalized spacial score (nSPS) is 11.7. The first-order chi connectivity index (χ1) is 29.7. The summed E-state index contributed by atoms with van der Waals surface area (Å²) >= 11 is 0. The number of fused-ring (bicyclic) bond motifs is 8. The highest BCUT2D eigenvalue weighted by Gasteiger charge is 2.12. The van der Waals surface area contributed by atoms with Gasteiger partial charge in [-0.2, -0.15) is 0 Å². The van der Waals surface area contributed by atoms with Crippen LogP contribution in [-0.2, 0) is 0 Å². The second kappa shape index (κ2) is 13.7. The molecule has 6 nitrogen and oxygen atoms in total. The van der Waals surface area contributed by atoms with Gasteiger partial charge in [-0.25, -0.2) is 24.9 Å². The van der Waals surface area contributed by atoms with Crippen LogP contribution in [0.1, 0.15) is 0 Å². The molecule has 0 bridgehead atoms. The molecule has 0 unspecified atom stereocenters. The lowest BCUT2D eigenvalue weighted by molar-refractivity contribution is 1.31. The maximum Gasteiger partial charge on any atom is 0.0972 e. The van der Waals surface area contributed by atoms with Gasteiger partial charge in [-0.1, -0.05) is 140 Å². The molecule has 0 saturated carbocycles. The summed E-state index contributed by atoms with van der Waals surface area (Å²) in [6.07, 6.45) is 1.82. The highest BCUT2D eigenvalue weighted by atomic mass is 14.8. The van der Waals surface area contributed by atoms with Gasteiger partial charge in [0, 0.05) is 55.2 Å². The number of hydrogen-bond acceptors (Lipinski definition) is 6. The topological polar surface area (TPSA) is 77.3 Å². The minimum absolute atomic E-state index is 0.820. The van der Waals surface area contributed by atoms with Crippen LogP contribution in [0, 0.1) is 0 Å². The lowest BCUT2D eigenvalue weighted by Crippen LogP contribution is -1.92. The Labute approximate surface area is 344 Å². The predicted octanol–water partition coefficient (Wildman–Crippen LogP) is 13.3. The fourth-order valence-corrected chi connectivity index (χ4v) is 8.27. The summed E-state index contributed by atoms with van der Waals surface area (Å²) in [5.41, 5.74) is 15.1. The molecule has 0 amide bonds. The average Bonchev–Trinajstić information content (AvgIpc) is 3.33. The van der Waals surface area contributed by atoms with Crippen molar-refractivity contribution in [2.45, 2.75) is 0 Å². The largest absolute Gasteiger partial charge is 0.254 e. The molecule has 278 valence electrons. The Morgan fingerprint density at radius 2 is 0.600 bits per heavy atom. The van der Waals surface area contributed by atoms with Crippen LogP contribution in [0.4, 0.5) is 0 Å². The van der Waals surface area contributed by atoms with E-state index >= 15 is 0 Å². The van der Waals surface area contributed by atoms with E-state index in [4.69, 9.17) is 24.9 Å². The van der Waals surface area contributed by atoms with Crippen LogP contribution >= 0.6 is 0 Å². The van der Waals surface area contributed by atoms with Crippen molar-refractivity contribution in [3.05, 3.63) is 194 Å². The molecule has 0 aliphatic carbocycles. The lowest BCUT2D eigenvalue weighted by Gasteiger charge is -2.10. The molecule has 12 rings (SSSR count). The van der Waals surface area contributed by atoms with Gasteiger partial charge in [-0.05, 0) is 59.7 Å². The Hall–Kier alpha value is -8.22. The molecule has 60 heavy (non-hydrogen) atoms. The molecule has 0 saturated heterocycles. The van der Waals surface area contributed by atoms with E-state index in [-0.39, 0.29) is 0 Å². The van der Waals surface area contributed by atoms with E-state index in [2.05, 4.69) is 157 Å². The van der Waals surface area contributed by atoms with Gasteiger partial charge < -0.3 is 0 Å². The molecule has 12 aromatic rings. The van der Waals surface area contributed by atoms with Gasteiger partial charge >= 0.3 is 0 Å². The molecule has 0 aliphatic heterocycles. The Kier molecular flexibility index (Phi) is 7.74. The zero-order chi connectivity index (χ0) is 39.6. The smallest absolute Gasteiger partial charge is 0.0972 e. The third-order valence-corrected chi connectivity index (χ3v) is 11.5. The van der Waals surface area contributed by atoms with E-state index < -0.39 is 0 Å². The summed E-state index contributed by atoms with van der Waals surface area (Å²) in [6.45, 7) is 0. The maximum atomic E-state index is 5.16. The van der Waals surface area contributed by atoms with Crippen LogP contribution in [0.2, 0.25) is 0 Å². The molecule has 0 spiro atoms. The Bertz CT molecular complexity index is 3660. The fourth-order valence-electron chi connectivity index (χ4n) is 8.27. The van der Waals surface area contributed by atoms with Crippen LogP contribution in [-0.4, -0.2) is 29.9 Å². The maximum absolute atomic E-state index is 5.16. The predicted molar refractivity (Wildman–Crippen MR) is 245 cm³/mol. The quantitative estimate of drug-likeness (QED) is 0.162. The molecule has 0 radical (unpaired) electrons. The first-order valence-corrected chi connectivity index (χ1v) is 20.0. The molecule has 0 atom stereocenters. The molecule has 0 N–H and O–H groups in total. The summed E-state index contributed by atoms with van der Waals surface area (Å²) < 4.78 is 0. The number of nitrogens with zero attached hydrogens (tertiary/aromatic N) is 6. The van der Waals surface area contributed by atoms with E-state index in [1.807, 2.05) is 42.6 Å². The van der Waals surface area contributed by atoms with Gasteiger partial charge in [-0.15, -0.1) is 0 Å².